The van der Waals surface area contributed by atoms with Crippen LogP contribution in [0.25, 0.3) is 16.7 Å². The van der Waals surface area contributed by atoms with Crippen molar-refractivity contribution >= 4 is 16.7 Å². The van der Waals surface area contributed by atoms with Gasteiger partial charge in [-0.05, 0) is 18.2 Å². The van der Waals surface area contributed by atoms with E-state index in [1.165, 1.54) is 4.40 Å². The summed E-state index contributed by atoms with van der Waals surface area (Å²) in [5, 5.41) is 0.184. The summed E-state index contributed by atoms with van der Waals surface area (Å²) in [6, 6.07) is 6.34. The Labute approximate surface area is 89.0 Å². The summed E-state index contributed by atoms with van der Waals surface area (Å²) in [5.41, 5.74) is 0.448. The van der Waals surface area contributed by atoms with Crippen LogP contribution < -0.4 is 5.56 Å². The molecule has 0 aromatic carbocycles. The number of hydrogen-bond donors (Lipinski definition) is 0. The highest BCUT2D eigenvalue weighted by molar-refractivity contribution is 5.75. The quantitative estimate of drug-likeness (QED) is 0.532. The van der Waals surface area contributed by atoms with Crippen LogP contribution in [0.15, 0.2) is 41.5 Å². The monoisotopic (exact) mass is 215 g/mol. The van der Waals surface area contributed by atoms with E-state index in [9.17, 15) is 9.18 Å². The SMILES string of the molecule is O=c1c2cc(F)cnc2nc2ccccn12. The van der Waals surface area contributed by atoms with Gasteiger partial charge in [0.1, 0.15) is 11.5 Å². The number of fused-ring (bicyclic) bond motifs is 2. The van der Waals surface area contributed by atoms with E-state index in [1.54, 1.807) is 24.4 Å². The molecule has 0 aliphatic rings. The Morgan fingerprint density at radius 3 is 3.06 bits per heavy atom. The molecule has 16 heavy (non-hydrogen) atoms. The Balaban J connectivity index is 2.61. The second-order valence-corrected chi connectivity index (χ2v) is 3.37. The van der Waals surface area contributed by atoms with Gasteiger partial charge < -0.3 is 0 Å². The molecule has 78 valence electrons. The summed E-state index contributed by atoms with van der Waals surface area (Å²) in [6.07, 6.45) is 2.64. The van der Waals surface area contributed by atoms with E-state index in [4.69, 9.17) is 0 Å². The number of halogens is 1. The first kappa shape index (κ1) is 8.96. The Morgan fingerprint density at radius 2 is 2.19 bits per heavy atom. The van der Waals surface area contributed by atoms with Crippen molar-refractivity contribution < 1.29 is 4.39 Å². The predicted molar refractivity (Wildman–Crippen MR) is 56.7 cm³/mol. The summed E-state index contributed by atoms with van der Waals surface area (Å²) in [5.74, 6) is -0.540. The van der Waals surface area contributed by atoms with Crippen LogP contribution in [0.3, 0.4) is 0 Å². The largest absolute Gasteiger partial charge is 0.268 e. The lowest BCUT2D eigenvalue weighted by molar-refractivity contribution is 0.623. The molecule has 0 atom stereocenters. The maximum atomic E-state index is 13.0. The van der Waals surface area contributed by atoms with Crippen molar-refractivity contribution in [1.29, 1.82) is 0 Å². The number of rotatable bonds is 0. The van der Waals surface area contributed by atoms with E-state index in [1.807, 2.05) is 0 Å². The zero-order valence-electron chi connectivity index (χ0n) is 8.09. The van der Waals surface area contributed by atoms with Gasteiger partial charge in [-0.2, -0.15) is 0 Å². The highest BCUT2D eigenvalue weighted by atomic mass is 19.1. The third-order valence-corrected chi connectivity index (χ3v) is 2.34. The van der Waals surface area contributed by atoms with Crippen molar-refractivity contribution in [2.75, 3.05) is 0 Å². The molecular formula is C11H6FN3O. The van der Waals surface area contributed by atoms with Crippen LogP contribution in [0.2, 0.25) is 0 Å². The molecule has 4 nitrogen and oxygen atoms in total. The second kappa shape index (κ2) is 3.10. The standard InChI is InChI=1S/C11H6FN3O/c12-7-5-8-10(13-6-7)14-9-3-1-2-4-15(9)11(8)16/h1-6H. The normalized spacial score (nSPS) is 11.1. The summed E-state index contributed by atoms with van der Waals surface area (Å²) in [4.78, 5) is 19.9. The molecule has 3 aromatic rings. The van der Waals surface area contributed by atoms with Crippen LogP contribution in [-0.2, 0) is 0 Å². The third-order valence-electron chi connectivity index (χ3n) is 2.34. The Morgan fingerprint density at radius 1 is 1.31 bits per heavy atom. The molecule has 0 amide bonds. The molecule has 0 spiro atoms. The second-order valence-electron chi connectivity index (χ2n) is 3.37. The molecule has 0 bridgehead atoms. The van der Waals surface area contributed by atoms with Crippen molar-refractivity contribution in [2.24, 2.45) is 0 Å². The fourth-order valence-electron chi connectivity index (χ4n) is 1.61. The number of aromatic nitrogens is 3. The Kier molecular flexibility index (Phi) is 1.73. The third kappa shape index (κ3) is 1.18. The van der Waals surface area contributed by atoms with Crippen LogP contribution in [0.1, 0.15) is 0 Å². The molecule has 0 saturated heterocycles. The van der Waals surface area contributed by atoms with Crippen LogP contribution in [-0.4, -0.2) is 14.4 Å². The Bertz CT molecular complexity index is 751. The van der Waals surface area contributed by atoms with Gasteiger partial charge in [-0.3, -0.25) is 9.20 Å². The van der Waals surface area contributed by atoms with Gasteiger partial charge in [-0.25, -0.2) is 14.4 Å². The first-order valence-corrected chi connectivity index (χ1v) is 4.68. The van der Waals surface area contributed by atoms with Gasteiger partial charge in [0.15, 0.2) is 5.65 Å². The lowest BCUT2D eigenvalue weighted by Gasteiger charge is -2.01. The number of hydrogen-bond acceptors (Lipinski definition) is 3. The minimum atomic E-state index is -0.540. The molecule has 3 rings (SSSR count). The highest BCUT2D eigenvalue weighted by Gasteiger charge is 2.06. The lowest BCUT2D eigenvalue weighted by atomic mass is 10.3. The van der Waals surface area contributed by atoms with Crippen LogP contribution >= 0.6 is 0 Å². The van der Waals surface area contributed by atoms with E-state index in [-0.39, 0.29) is 16.6 Å². The molecule has 5 heteroatoms. The molecule has 0 saturated carbocycles. The molecular weight excluding hydrogens is 209 g/mol. The van der Waals surface area contributed by atoms with Gasteiger partial charge in [0.25, 0.3) is 5.56 Å². The molecule has 0 aliphatic carbocycles. The summed E-state index contributed by atoms with van der Waals surface area (Å²) in [7, 11) is 0. The maximum absolute atomic E-state index is 13.0. The number of pyridine rings is 2. The van der Waals surface area contributed by atoms with Gasteiger partial charge in [0, 0.05) is 6.20 Å². The first-order chi connectivity index (χ1) is 7.75. The Hall–Kier alpha value is -2.30. The van der Waals surface area contributed by atoms with Gasteiger partial charge in [-0.15, -0.1) is 0 Å². The molecule has 0 unspecified atom stereocenters. The topological polar surface area (TPSA) is 47.3 Å². The van der Waals surface area contributed by atoms with Crippen LogP contribution in [0, 0.1) is 5.82 Å². The molecule has 0 fully saturated rings. The summed E-state index contributed by atoms with van der Waals surface area (Å²) < 4.78 is 14.3. The fraction of sp³-hybridized carbons (Fsp3) is 0. The average Bonchev–Trinajstić information content (AvgIpc) is 2.31. The molecule has 0 radical (unpaired) electrons. The number of nitrogens with zero attached hydrogens (tertiary/aromatic N) is 3. The van der Waals surface area contributed by atoms with E-state index in [0.717, 1.165) is 12.3 Å². The van der Waals surface area contributed by atoms with E-state index < -0.39 is 5.82 Å². The summed E-state index contributed by atoms with van der Waals surface area (Å²) >= 11 is 0. The minimum absolute atomic E-state index is 0.184. The van der Waals surface area contributed by atoms with E-state index in [2.05, 4.69) is 9.97 Å². The smallest absolute Gasteiger partial charge is 0.267 e. The zero-order valence-corrected chi connectivity index (χ0v) is 8.09. The van der Waals surface area contributed by atoms with E-state index >= 15 is 0 Å². The highest BCUT2D eigenvalue weighted by Crippen LogP contribution is 2.07. The molecule has 3 aromatic heterocycles. The lowest BCUT2D eigenvalue weighted by Crippen LogP contribution is -2.15. The zero-order chi connectivity index (χ0) is 11.1. The van der Waals surface area contributed by atoms with Gasteiger partial charge in [0.05, 0.1) is 11.6 Å². The maximum Gasteiger partial charge on any atom is 0.267 e. The van der Waals surface area contributed by atoms with E-state index in [0.29, 0.717) is 5.65 Å². The fourth-order valence-corrected chi connectivity index (χ4v) is 1.61. The van der Waals surface area contributed by atoms with Crippen LogP contribution in [0.5, 0.6) is 0 Å². The minimum Gasteiger partial charge on any atom is -0.268 e. The molecule has 0 aliphatic heterocycles. The first-order valence-electron chi connectivity index (χ1n) is 4.68. The molecule has 3 heterocycles. The van der Waals surface area contributed by atoms with Gasteiger partial charge >= 0.3 is 0 Å². The average molecular weight is 215 g/mol. The van der Waals surface area contributed by atoms with Crippen LogP contribution in [0.4, 0.5) is 4.39 Å². The van der Waals surface area contributed by atoms with Crippen molar-refractivity contribution in [1.82, 2.24) is 14.4 Å². The summed E-state index contributed by atoms with van der Waals surface area (Å²) in [6.45, 7) is 0. The van der Waals surface area contributed by atoms with Crippen molar-refractivity contribution in [3.63, 3.8) is 0 Å². The van der Waals surface area contributed by atoms with Gasteiger partial charge in [0.2, 0.25) is 0 Å². The van der Waals surface area contributed by atoms with Crippen molar-refractivity contribution in [2.45, 2.75) is 0 Å². The van der Waals surface area contributed by atoms with Crippen molar-refractivity contribution in [3.05, 3.63) is 52.8 Å². The molecule has 0 N–H and O–H groups in total. The van der Waals surface area contributed by atoms with Gasteiger partial charge in [-0.1, -0.05) is 6.07 Å². The van der Waals surface area contributed by atoms with Crippen molar-refractivity contribution in [3.8, 4) is 0 Å². The predicted octanol–water partition coefficient (Wildman–Crippen LogP) is 1.38.